The molecule has 0 heterocycles. The summed E-state index contributed by atoms with van der Waals surface area (Å²) in [6.45, 7) is 8.50. The van der Waals surface area contributed by atoms with Crippen LogP contribution < -0.4 is 5.32 Å². The highest BCUT2D eigenvalue weighted by Crippen LogP contribution is 2.44. The highest BCUT2D eigenvalue weighted by atomic mass is 14.9. The van der Waals surface area contributed by atoms with Crippen molar-refractivity contribution in [2.75, 3.05) is 6.54 Å². The second-order valence-corrected chi connectivity index (χ2v) is 8.02. The Morgan fingerprint density at radius 1 is 1.05 bits per heavy atom. The zero-order valence-electron chi connectivity index (χ0n) is 13.3. The van der Waals surface area contributed by atoms with Crippen LogP contribution in [0.1, 0.15) is 70.0 Å². The fraction of sp³-hybridized carbons (Fsp3) is 0.684. The molecule has 1 heteroatoms. The molecule has 0 amide bonds. The summed E-state index contributed by atoms with van der Waals surface area (Å²) in [5, 5.41) is 3.95. The van der Waals surface area contributed by atoms with E-state index in [2.05, 4.69) is 50.4 Å². The third-order valence-electron chi connectivity index (χ3n) is 5.73. The molecule has 3 rings (SSSR count). The summed E-state index contributed by atoms with van der Waals surface area (Å²) in [6.07, 6.45) is 8.16. The standard InChI is InChI=1S/C19H29N/c1-18(2)13-10-15-8-4-5-9-16(15)17(18)20-14-19(3)11-6-7-12-19/h4-5,8-9,17,20H,6-7,10-14H2,1-3H3. The maximum atomic E-state index is 3.95. The Balaban J connectivity index is 1.79. The normalized spacial score (nSPS) is 27.2. The lowest BCUT2D eigenvalue weighted by molar-refractivity contribution is 0.183. The van der Waals surface area contributed by atoms with Gasteiger partial charge in [0, 0.05) is 12.6 Å². The van der Waals surface area contributed by atoms with Gasteiger partial charge in [-0.15, -0.1) is 0 Å². The number of rotatable bonds is 3. The molecule has 1 aromatic carbocycles. The molecule has 0 bridgehead atoms. The van der Waals surface area contributed by atoms with Crippen molar-refractivity contribution in [3.8, 4) is 0 Å². The molecule has 0 spiro atoms. The van der Waals surface area contributed by atoms with Gasteiger partial charge in [0.25, 0.3) is 0 Å². The molecule has 1 N–H and O–H groups in total. The van der Waals surface area contributed by atoms with E-state index in [-0.39, 0.29) is 0 Å². The van der Waals surface area contributed by atoms with E-state index in [1.807, 2.05) is 0 Å². The fourth-order valence-electron chi connectivity index (χ4n) is 4.21. The molecule has 110 valence electrons. The average Bonchev–Trinajstić information content (AvgIpc) is 2.84. The van der Waals surface area contributed by atoms with Gasteiger partial charge in [-0.2, -0.15) is 0 Å². The van der Waals surface area contributed by atoms with Gasteiger partial charge in [-0.05, 0) is 47.6 Å². The molecule has 1 nitrogen and oxygen atoms in total. The maximum absolute atomic E-state index is 3.95. The summed E-state index contributed by atoms with van der Waals surface area (Å²) in [6, 6.07) is 9.56. The lowest BCUT2D eigenvalue weighted by Gasteiger charge is -2.42. The van der Waals surface area contributed by atoms with Crippen LogP contribution in [-0.4, -0.2) is 6.54 Å². The van der Waals surface area contributed by atoms with Gasteiger partial charge in [-0.1, -0.05) is 57.9 Å². The van der Waals surface area contributed by atoms with E-state index in [1.54, 1.807) is 11.1 Å². The Labute approximate surface area is 124 Å². The first-order valence-electron chi connectivity index (χ1n) is 8.31. The predicted molar refractivity (Wildman–Crippen MR) is 85.9 cm³/mol. The van der Waals surface area contributed by atoms with Crippen molar-refractivity contribution in [1.82, 2.24) is 5.32 Å². The van der Waals surface area contributed by atoms with Crippen molar-refractivity contribution < 1.29 is 0 Å². The highest BCUT2D eigenvalue weighted by Gasteiger charge is 2.37. The van der Waals surface area contributed by atoms with Gasteiger partial charge in [-0.3, -0.25) is 0 Å². The second-order valence-electron chi connectivity index (χ2n) is 8.02. The molecule has 0 saturated heterocycles. The van der Waals surface area contributed by atoms with E-state index >= 15 is 0 Å². The molecule has 20 heavy (non-hydrogen) atoms. The van der Waals surface area contributed by atoms with E-state index < -0.39 is 0 Å². The quantitative estimate of drug-likeness (QED) is 0.827. The summed E-state index contributed by atoms with van der Waals surface area (Å²) in [7, 11) is 0. The third-order valence-corrected chi connectivity index (χ3v) is 5.73. The van der Waals surface area contributed by atoms with Crippen LogP contribution in [0.25, 0.3) is 0 Å². The second kappa shape index (κ2) is 5.18. The van der Waals surface area contributed by atoms with Gasteiger partial charge in [-0.25, -0.2) is 0 Å². The van der Waals surface area contributed by atoms with Crippen LogP contribution in [-0.2, 0) is 6.42 Å². The number of hydrogen-bond donors (Lipinski definition) is 1. The van der Waals surface area contributed by atoms with Crippen molar-refractivity contribution in [2.45, 2.75) is 65.3 Å². The van der Waals surface area contributed by atoms with E-state index in [9.17, 15) is 0 Å². The SMILES string of the molecule is CC1(CNC2c3ccccc3CCC2(C)C)CCCC1. The largest absolute Gasteiger partial charge is 0.309 e. The average molecular weight is 271 g/mol. The van der Waals surface area contributed by atoms with Gasteiger partial charge in [0.05, 0.1) is 0 Å². The van der Waals surface area contributed by atoms with Gasteiger partial charge in [0.1, 0.15) is 0 Å². The third kappa shape index (κ3) is 2.65. The first-order valence-corrected chi connectivity index (χ1v) is 8.31. The lowest BCUT2D eigenvalue weighted by atomic mass is 9.70. The molecule has 2 aliphatic rings. The number of fused-ring (bicyclic) bond motifs is 1. The minimum atomic E-state index is 0.364. The van der Waals surface area contributed by atoms with E-state index in [1.165, 1.54) is 45.1 Å². The van der Waals surface area contributed by atoms with Gasteiger partial charge in [0.2, 0.25) is 0 Å². The van der Waals surface area contributed by atoms with Crippen LogP contribution in [0.2, 0.25) is 0 Å². The van der Waals surface area contributed by atoms with E-state index in [4.69, 9.17) is 0 Å². The molecular formula is C19H29N. The van der Waals surface area contributed by atoms with Crippen molar-refractivity contribution in [1.29, 1.82) is 0 Å². The molecule has 1 saturated carbocycles. The Morgan fingerprint density at radius 3 is 2.50 bits per heavy atom. The van der Waals surface area contributed by atoms with Crippen LogP contribution in [0.5, 0.6) is 0 Å². The predicted octanol–water partition coefficient (Wildman–Crippen LogP) is 4.87. The van der Waals surface area contributed by atoms with Crippen molar-refractivity contribution in [3.63, 3.8) is 0 Å². The van der Waals surface area contributed by atoms with Crippen molar-refractivity contribution >= 4 is 0 Å². The number of benzene rings is 1. The molecule has 0 aliphatic heterocycles. The Hall–Kier alpha value is -0.820. The smallest absolute Gasteiger partial charge is 0.0374 e. The van der Waals surface area contributed by atoms with Crippen molar-refractivity contribution in [3.05, 3.63) is 35.4 Å². The highest BCUT2D eigenvalue weighted by molar-refractivity contribution is 5.34. The minimum absolute atomic E-state index is 0.364. The molecule has 1 fully saturated rings. The van der Waals surface area contributed by atoms with Crippen LogP contribution >= 0.6 is 0 Å². The zero-order chi connectivity index (χ0) is 14.2. The van der Waals surface area contributed by atoms with Crippen LogP contribution in [0.4, 0.5) is 0 Å². The van der Waals surface area contributed by atoms with Crippen LogP contribution in [0.3, 0.4) is 0 Å². The first-order chi connectivity index (χ1) is 9.50. The summed E-state index contributed by atoms with van der Waals surface area (Å²) in [5.74, 6) is 0. The summed E-state index contributed by atoms with van der Waals surface area (Å²) in [5.41, 5.74) is 4.00. The van der Waals surface area contributed by atoms with Gasteiger partial charge in [0.15, 0.2) is 0 Å². The molecule has 1 aromatic rings. The minimum Gasteiger partial charge on any atom is -0.309 e. The van der Waals surface area contributed by atoms with Crippen LogP contribution in [0, 0.1) is 10.8 Å². The zero-order valence-corrected chi connectivity index (χ0v) is 13.3. The van der Waals surface area contributed by atoms with E-state index in [0.717, 1.165) is 0 Å². The molecule has 2 aliphatic carbocycles. The number of hydrogen-bond acceptors (Lipinski definition) is 1. The number of aryl methyl sites for hydroxylation is 1. The number of nitrogens with one attached hydrogen (secondary N) is 1. The molecule has 0 aromatic heterocycles. The van der Waals surface area contributed by atoms with Gasteiger partial charge >= 0.3 is 0 Å². The first kappa shape index (κ1) is 14.1. The Kier molecular flexibility index (Phi) is 3.66. The summed E-state index contributed by atoms with van der Waals surface area (Å²) < 4.78 is 0. The summed E-state index contributed by atoms with van der Waals surface area (Å²) >= 11 is 0. The van der Waals surface area contributed by atoms with Crippen LogP contribution in [0.15, 0.2) is 24.3 Å². The van der Waals surface area contributed by atoms with Gasteiger partial charge < -0.3 is 5.32 Å². The molecular weight excluding hydrogens is 242 g/mol. The van der Waals surface area contributed by atoms with E-state index in [0.29, 0.717) is 16.9 Å². The Morgan fingerprint density at radius 2 is 1.75 bits per heavy atom. The lowest BCUT2D eigenvalue weighted by Crippen LogP contribution is -2.42. The molecule has 1 unspecified atom stereocenters. The fourth-order valence-corrected chi connectivity index (χ4v) is 4.21. The monoisotopic (exact) mass is 271 g/mol. The summed E-state index contributed by atoms with van der Waals surface area (Å²) in [4.78, 5) is 0. The topological polar surface area (TPSA) is 12.0 Å². The molecule has 1 atom stereocenters. The maximum Gasteiger partial charge on any atom is 0.0374 e. The molecule has 0 radical (unpaired) electrons. The Bertz CT molecular complexity index is 468. The van der Waals surface area contributed by atoms with Crippen molar-refractivity contribution in [2.24, 2.45) is 10.8 Å².